The van der Waals surface area contributed by atoms with Gasteiger partial charge in [-0.25, -0.2) is 4.98 Å². The summed E-state index contributed by atoms with van der Waals surface area (Å²) in [6.07, 6.45) is 0.952. The minimum Gasteiger partial charge on any atom is -0.494 e. The van der Waals surface area contributed by atoms with Gasteiger partial charge in [-0.1, -0.05) is 13.3 Å². The molecule has 1 aliphatic rings. The number of rotatable bonds is 6. The zero-order valence-corrected chi connectivity index (χ0v) is 21.8. The average Bonchev–Trinajstić information content (AvgIpc) is 3.53. The number of carbonyl (C=O) groups excluding carboxylic acids is 1. The van der Waals surface area contributed by atoms with Crippen molar-refractivity contribution in [1.29, 1.82) is 0 Å². The Kier molecular flexibility index (Phi) is 6.12. The first kappa shape index (κ1) is 24.1. The molecule has 3 atom stereocenters. The van der Waals surface area contributed by atoms with Gasteiger partial charge >= 0.3 is 0 Å². The van der Waals surface area contributed by atoms with Crippen molar-refractivity contribution in [2.45, 2.75) is 45.8 Å². The van der Waals surface area contributed by atoms with Crippen molar-refractivity contribution in [2.75, 3.05) is 20.8 Å². The Bertz CT molecular complexity index is 1460. The minimum absolute atomic E-state index is 0.0192. The lowest BCUT2D eigenvalue weighted by molar-refractivity contribution is 0.0739. The number of likely N-dealkylation sites (tertiary alicyclic amines) is 1. The lowest BCUT2D eigenvalue weighted by Gasteiger charge is -2.23. The van der Waals surface area contributed by atoms with Crippen molar-refractivity contribution in [3.8, 4) is 23.1 Å². The maximum absolute atomic E-state index is 13.6. The molecule has 3 unspecified atom stereocenters. The number of methoxy groups -OCH3 is 2. The fraction of sp³-hybridized carbons (Fsp3) is 0.444. The fourth-order valence-corrected chi connectivity index (χ4v) is 5.52. The lowest BCUT2D eigenvalue weighted by Crippen LogP contribution is -2.41. The molecule has 1 aliphatic heterocycles. The molecule has 190 valence electrons. The number of carbonyl (C=O) groups is 1. The van der Waals surface area contributed by atoms with Gasteiger partial charge in [-0.2, -0.15) is 4.98 Å². The van der Waals surface area contributed by atoms with Gasteiger partial charge < -0.3 is 29.2 Å². The molecule has 1 fully saturated rings. The van der Waals surface area contributed by atoms with Crippen LogP contribution in [-0.4, -0.2) is 62.8 Å². The van der Waals surface area contributed by atoms with E-state index >= 15 is 0 Å². The number of fused-ring (bicyclic) bond motifs is 2. The Morgan fingerprint density at radius 2 is 1.92 bits per heavy atom. The SMILES string of the molecule is CCC1CN(C(=O)c2cc(OC)c3c(c2)nc(-c2cc4ccc(OC)nc4n2CC)n3C)C(C)C1N. The van der Waals surface area contributed by atoms with Crippen molar-refractivity contribution >= 4 is 28.0 Å². The molecule has 0 spiro atoms. The van der Waals surface area contributed by atoms with Gasteiger partial charge in [-0.05, 0) is 44.0 Å². The van der Waals surface area contributed by atoms with Crippen LogP contribution in [0.3, 0.4) is 0 Å². The number of ether oxygens (including phenoxy) is 2. The number of nitrogens with zero attached hydrogens (tertiary/aromatic N) is 5. The van der Waals surface area contributed by atoms with E-state index in [1.165, 1.54) is 0 Å². The summed E-state index contributed by atoms with van der Waals surface area (Å²) < 4.78 is 15.2. The minimum atomic E-state index is -0.0414. The molecule has 36 heavy (non-hydrogen) atoms. The third kappa shape index (κ3) is 3.61. The van der Waals surface area contributed by atoms with Crippen LogP contribution in [0.5, 0.6) is 11.6 Å². The van der Waals surface area contributed by atoms with Gasteiger partial charge in [-0.3, -0.25) is 4.79 Å². The highest BCUT2D eigenvalue weighted by Gasteiger charge is 2.38. The molecule has 1 amide bonds. The molecule has 9 nitrogen and oxygen atoms in total. The fourth-order valence-electron chi connectivity index (χ4n) is 5.52. The third-order valence-corrected chi connectivity index (χ3v) is 7.68. The van der Waals surface area contributed by atoms with Crippen LogP contribution in [0.2, 0.25) is 0 Å². The maximum atomic E-state index is 13.6. The highest BCUT2D eigenvalue weighted by molar-refractivity contribution is 6.00. The van der Waals surface area contributed by atoms with Crippen LogP contribution < -0.4 is 15.2 Å². The number of aromatic nitrogens is 4. The average molecular weight is 491 g/mol. The van der Waals surface area contributed by atoms with Gasteiger partial charge in [-0.15, -0.1) is 0 Å². The summed E-state index contributed by atoms with van der Waals surface area (Å²) in [5, 5.41) is 1.01. The molecule has 9 heteroatoms. The van der Waals surface area contributed by atoms with E-state index in [1.807, 2.05) is 47.7 Å². The van der Waals surface area contributed by atoms with Crippen LogP contribution >= 0.6 is 0 Å². The van der Waals surface area contributed by atoms with E-state index in [0.29, 0.717) is 35.2 Å². The van der Waals surface area contributed by atoms with E-state index in [0.717, 1.165) is 41.0 Å². The molecule has 1 saturated heterocycles. The molecule has 3 aromatic heterocycles. The summed E-state index contributed by atoms with van der Waals surface area (Å²) in [7, 11) is 5.20. The first-order chi connectivity index (χ1) is 17.3. The van der Waals surface area contributed by atoms with Crippen LogP contribution in [0, 0.1) is 5.92 Å². The van der Waals surface area contributed by atoms with Crippen molar-refractivity contribution in [1.82, 2.24) is 24.0 Å². The summed E-state index contributed by atoms with van der Waals surface area (Å²) in [4.78, 5) is 25.1. The monoisotopic (exact) mass is 490 g/mol. The molecule has 2 N–H and O–H groups in total. The second kappa shape index (κ2) is 9.13. The van der Waals surface area contributed by atoms with Crippen LogP contribution in [0.1, 0.15) is 37.6 Å². The Labute approximate surface area is 210 Å². The summed E-state index contributed by atoms with van der Waals surface area (Å²) >= 11 is 0. The molecule has 5 rings (SSSR count). The first-order valence-electron chi connectivity index (χ1n) is 12.5. The molecule has 4 heterocycles. The zero-order valence-electron chi connectivity index (χ0n) is 21.8. The van der Waals surface area contributed by atoms with E-state index in [4.69, 9.17) is 20.2 Å². The second-order valence-corrected chi connectivity index (χ2v) is 9.52. The van der Waals surface area contributed by atoms with Gasteiger partial charge in [0.25, 0.3) is 5.91 Å². The Hall–Kier alpha value is -3.59. The predicted octanol–water partition coefficient (Wildman–Crippen LogP) is 3.82. The number of amides is 1. The Morgan fingerprint density at radius 1 is 1.14 bits per heavy atom. The number of hydrogen-bond donors (Lipinski definition) is 1. The molecule has 4 aromatic rings. The number of aryl methyl sites for hydroxylation is 2. The van der Waals surface area contributed by atoms with Crippen LogP contribution in [0.15, 0.2) is 30.3 Å². The second-order valence-electron chi connectivity index (χ2n) is 9.52. The molecule has 1 aromatic carbocycles. The largest absolute Gasteiger partial charge is 0.494 e. The number of pyridine rings is 1. The molecular formula is C27H34N6O3. The number of imidazole rings is 1. The first-order valence-corrected chi connectivity index (χ1v) is 12.5. The highest BCUT2D eigenvalue weighted by atomic mass is 16.5. The van der Waals surface area contributed by atoms with Gasteiger partial charge in [0.1, 0.15) is 16.9 Å². The lowest BCUT2D eigenvalue weighted by atomic mass is 9.98. The van der Waals surface area contributed by atoms with Gasteiger partial charge in [0.2, 0.25) is 5.88 Å². The van der Waals surface area contributed by atoms with Crippen molar-refractivity contribution in [3.05, 3.63) is 35.9 Å². The van der Waals surface area contributed by atoms with E-state index in [9.17, 15) is 4.79 Å². The van der Waals surface area contributed by atoms with Crippen molar-refractivity contribution in [2.24, 2.45) is 18.7 Å². The van der Waals surface area contributed by atoms with Crippen molar-refractivity contribution in [3.63, 3.8) is 0 Å². The van der Waals surface area contributed by atoms with E-state index in [2.05, 4.69) is 29.5 Å². The third-order valence-electron chi connectivity index (χ3n) is 7.68. The van der Waals surface area contributed by atoms with Crippen LogP contribution in [0.25, 0.3) is 33.6 Å². The van der Waals surface area contributed by atoms with Gasteiger partial charge in [0.15, 0.2) is 5.82 Å². The smallest absolute Gasteiger partial charge is 0.254 e. The maximum Gasteiger partial charge on any atom is 0.254 e. The van der Waals surface area contributed by atoms with E-state index < -0.39 is 0 Å². The Morgan fingerprint density at radius 3 is 2.56 bits per heavy atom. The molecule has 0 radical (unpaired) electrons. The van der Waals surface area contributed by atoms with Crippen molar-refractivity contribution < 1.29 is 14.3 Å². The highest BCUT2D eigenvalue weighted by Crippen LogP contribution is 2.35. The topological polar surface area (TPSA) is 100 Å². The standard InChI is InChI=1S/C27H34N6O3/c1-7-16-14-33(15(3)23(16)28)27(34)18-11-19-24(21(13-18)35-5)31(4)26(29-19)20-12-17-9-10-22(36-6)30-25(17)32(20)8-2/h9-13,15-16,23H,7-8,14,28H2,1-6H3. The number of hydrogen-bond acceptors (Lipinski definition) is 6. The molecule has 0 bridgehead atoms. The predicted molar refractivity (Wildman–Crippen MR) is 140 cm³/mol. The van der Waals surface area contributed by atoms with Gasteiger partial charge in [0.05, 0.1) is 25.4 Å². The number of nitrogens with two attached hydrogens (primary N) is 1. The molecule has 0 saturated carbocycles. The Balaban J connectivity index is 1.63. The quantitative estimate of drug-likeness (QED) is 0.441. The zero-order chi connectivity index (χ0) is 25.7. The summed E-state index contributed by atoms with van der Waals surface area (Å²) in [6, 6.07) is 9.58. The van der Waals surface area contributed by atoms with Crippen LogP contribution in [0.4, 0.5) is 0 Å². The van der Waals surface area contributed by atoms with Gasteiger partial charge in [0, 0.05) is 49.2 Å². The van der Waals surface area contributed by atoms with Crippen LogP contribution in [-0.2, 0) is 13.6 Å². The molecule has 0 aliphatic carbocycles. The normalized spacial score (nSPS) is 20.0. The summed E-state index contributed by atoms with van der Waals surface area (Å²) in [5.41, 5.74) is 10.3. The summed E-state index contributed by atoms with van der Waals surface area (Å²) in [5.74, 6) is 2.21. The van der Waals surface area contributed by atoms with E-state index in [1.54, 1.807) is 14.2 Å². The summed E-state index contributed by atoms with van der Waals surface area (Å²) in [6.45, 7) is 7.61. The molecular weight excluding hydrogens is 456 g/mol. The van der Waals surface area contributed by atoms with E-state index in [-0.39, 0.29) is 18.0 Å². The number of benzene rings is 1.